The van der Waals surface area contributed by atoms with Gasteiger partial charge in [-0.3, -0.25) is 14.5 Å². The van der Waals surface area contributed by atoms with Crippen LogP contribution in [0.2, 0.25) is 0 Å². The molecule has 2 heterocycles. The summed E-state index contributed by atoms with van der Waals surface area (Å²) in [5, 5.41) is 10.2. The van der Waals surface area contributed by atoms with Crippen LogP contribution >= 0.6 is 12.2 Å². The van der Waals surface area contributed by atoms with E-state index in [0.717, 1.165) is 30.0 Å². The molecule has 7 heteroatoms. The van der Waals surface area contributed by atoms with E-state index >= 15 is 0 Å². The smallest absolute Gasteiger partial charge is 0.244 e. The molecular weight excluding hydrogens is 382 g/mol. The molecular formula is C22H25N5OS. The lowest BCUT2D eigenvalue weighted by molar-refractivity contribution is -0.116. The summed E-state index contributed by atoms with van der Waals surface area (Å²) in [7, 11) is 0. The molecule has 0 aliphatic carbocycles. The Bertz CT molecular complexity index is 1050. The molecule has 4 rings (SSSR count). The van der Waals surface area contributed by atoms with Crippen molar-refractivity contribution in [3.8, 4) is 11.4 Å². The Kier molecular flexibility index (Phi) is 5.76. The molecule has 1 aliphatic rings. The van der Waals surface area contributed by atoms with Crippen LogP contribution in [0.1, 0.15) is 24.8 Å². The maximum atomic E-state index is 12.9. The van der Waals surface area contributed by atoms with Gasteiger partial charge in [-0.25, -0.2) is 0 Å². The third-order valence-electron chi connectivity index (χ3n) is 5.24. The Labute approximate surface area is 175 Å². The summed E-state index contributed by atoms with van der Waals surface area (Å²) in [5.74, 6) is 0.537. The van der Waals surface area contributed by atoms with E-state index in [2.05, 4.69) is 26.5 Å². The second kappa shape index (κ2) is 8.61. The summed E-state index contributed by atoms with van der Waals surface area (Å²) in [5.41, 5.74) is 4.01. The lowest BCUT2D eigenvalue weighted by Crippen LogP contribution is -2.30. The molecule has 2 aromatic carbocycles. The number of rotatable bonds is 5. The van der Waals surface area contributed by atoms with E-state index < -0.39 is 0 Å². The predicted octanol–water partition coefficient (Wildman–Crippen LogP) is 4.55. The average Bonchev–Trinajstić information content (AvgIpc) is 3.10. The average molecular weight is 408 g/mol. The van der Waals surface area contributed by atoms with Gasteiger partial charge >= 0.3 is 0 Å². The first-order valence-corrected chi connectivity index (χ1v) is 10.4. The first kappa shape index (κ1) is 19.4. The van der Waals surface area contributed by atoms with Crippen LogP contribution in [-0.2, 0) is 11.3 Å². The van der Waals surface area contributed by atoms with Crippen molar-refractivity contribution in [2.45, 2.75) is 32.7 Å². The van der Waals surface area contributed by atoms with Crippen molar-refractivity contribution < 1.29 is 4.79 Å². The zero-order valence-electron chi connectivity index (χ0n) is 16.5. The number of H-pyrrole nitrogens is 1. The minimum Gasteiger partial charge on any atom is -0.370 e. The molecule has 1 fully saturated rings. The minimum atomic E-state index is -0.125. The summed E-state index contributed by atoms with van der Waals surface area (Å²) < 4.78 is 2.17. The van der Waals surface area contributed by atoms with Gasteiger partial charge in [0.2, 0.25) is 5.91 Å². The van der Waals surface area contributed by atoms with Gasteiger partial charge in [-0.15, -0.1) is 0 Å². The summed E-state index contributed by atoms with van der Waals surface area (Å²) in [6.07, 6.45) is 3.64. The first-order valence-electron chi connectivity index (χ1n) is 9.98. The highest BCUT2D eigenvalue weighted by Gasteiger charge is 2.17. The van der Waals surface area contributed by atoms with E-state index in [0.29, 0.717) is 10.6 Å². The molecule has 0 unspecified atom stereocenters. The number of carbonyl (C=O) groups excluding carboxylic acids is 1. The van der Waals surface area contributed by atoms with Crippen LogP contribution in [0.25, 0.3) is 11.4 Å². The molecule has 150 valence electrons. The highest BCUT2D eigenvalue weighted by molar-refractivity contribution is 7.71. The van der Waals surface area contributed by atoms with Crippen LogP contribution in [0.4, 0.5) is 11.4 Å². The van der Waals surface area contributed by atoms with Gasteiger partial charge in [-0.05, 0) is 50.5 Å². The number of aromatic nitrogens is 3. The van der Waals surface area contributed by atoms with Crippen molar-refractivity contribution in [1.29, 1.82) is 0 Å². The van der Waals surface area contributed by atoms with Crippen molar-refractivity contribution in [2.24, 2.45) is 0 Å². The van der Waals surface area contributed by atoms with Crippen molar-refractivity contribution in [1.82, 2.24) is 14.8 Å². The first-order chi connectivity index (χ1) is 14.1. The van der Waals surface area contributed by atoms with E-state index in [-0.39, 0.29) is 12.5 Å². The largest absolute Gasteiger partial charge is 0.370 e. The molecule has 6 nitrogen and oxygen atoms in total. The Morgan fingerprint density at radius 3 is 2.59 bits per heavy atom. The predicted molar refractivity (Wildman–Crippen MR) is 119 cm³/mol. The number of carbonyl (C=O) groups is 1. The van der Waals surface area contributed by atoms with Gasteiger partial charge in [0.25, 0.3) is 0 Å². The monoisotopic (exact) mass is 407 g/mol. The van der Waals surface area contributed by atoms with E-state index in [4.69, 9.17) is 12.2 Å². The molecule has 29 heavy (non-hydrogen) atoms. The lowest BCUT2D eigenvalue weighted by Gasteiger charge is -2.30. The summed E-state index contributed by atoms with van der Waals surface area (Å²) >= 11 is 5.37. The van der Waals surface area contributed by atoms with E-state index in [9.17, 15) is 4.79 Å². The Morgan fingerprint density at radius 2 is 1.83 bits per heavy atom. The van der Waals surface area contributed by atoms with Crippen LogP contribution in [-0.4, -0.2) is 33.8 Å². The Hall–Kier alpha value is -2.93. The summed E-state index contributed by atoms with van der Waals surface area (Å²) in [6, 6.07) is 16.0. The summed E-state index contributed by atoms with van der Waals surface area (Å²) in [6.45, 7) is 4.19. The molecule has 0 atom stereocenters. The molecule has 1 aliphatic heterocycles. The number of anilines is 2. The molecule has 0 bridgehead atoms. The van der Waals surface area contributed by atoms with Crippen LogP contribution in [0.5, 0.6) is 0 Å². The number of hydrogen-bond donors (Lipinski definition) is 2. The highest BCUT2D eigenvalue weighted by atomic mass is 32.1. The number of aryl methyl sites for hydroxylation is 1. The molecule has 1 aromatic heterocycles. The van der Waals surface area contributed by atoms with Crippen LogP contribution < -0.4 is 10.2 Å². The Balaban J connectivity index is 1.54. The zero-order valence-corrected chi connectivity index (χ0v) is 17.3. The summed E-state index contributed by atoms with van der Waals surface area (Å²) in [4.78, 5) is 15.2. The number of nitrogens with one attached hydrogen (secondary N) is 2. The number of amides is 1. The third-order valence-corrected chi connectivity index (χ3v) is 5.56. The van der Waals surface area contributed by atoms with Gasteiger partial charge < -0.3 is 10.2 Å². The number of para-hydroxylation sites is 2. The molecule has 0 saturated carbocycles. The van der Waals surface area contributed by atoms with Crippen LogP contribution in [0, 0.1) is 11.7 Å². The number of nitrogens with zero attached hydrogens (tertiary/aromatic N) is 3. The number of piperidine rings is 1. The number of benzene rings is 2. The lowest BCUT2D eigenvalue weighted by atomic mass is 10.1. The van der Waals surface area contributed by atoms with Gasteiger partial charge in [0.05, 0.1) is 11.4 Å². The maximum Gasteiger partial charge on any atom is 0.244 e. The van der Waals surface area contributed by atoms with Gasteiger partial charge in [-0.1, -0.05) is 42.0 Å². The SMILES string of the molecule is Cc1ccc(-c2n[nH]c(=S)n2CC(=O)Nc2ccccc2N2CCCCC2)cc1. The highest BCUT2D eigenvalue weighted by Crippen LogP contribution is 2.28. The van der Waals surface area contributed by atoms with Crippen molar-refractivity contribution in [3.05, 3.63) is 58.9 Å². The maximum absolute atomic E-state index is 12.9. The van der Waals surface area contributed by atoms with Gasteiger partial charge in [0, 0.05) is 18.7 Å². The second-order valence-electron chi connectivity index (χ2n) is 7.42. The molecule has 0 radical (unpaired) electrons. The van der Waals surface area contributed by atoms with Crippen molar-refractivity contribution >= 4 is 29.5 Å². The van der Waals surface area contributed by atoms with Crippen molar-refractivity contribution in [3.63, 3.8) is 0 Å². The van der Waals surface area contributed by atoms with E-state index in [1.54, 1.807) is 4.57 Å². The van der Waals surface area contributed by atoms with Crippen molar-refractivity contribution in [2.75, 3.05) is 23.3 Å². The standard InChI is InChI=1S/C22H25N5OS/c1-16-9-11-17(12-10-16)21-24-25-22(29)27(21)15-20(28)23-18-7-3-4-8-19(18)26-13-5-2-6-14-26/h3-4,7-12H,2,5-6,13-15H2,1H3,(H,23,28)(H,25,29). The number of aromatic amines is 1. The Morgan fingerprint density at radius 1 is 1.10 bits per heavy atom. The second-order valence-corrected chi connectivity index (χ2v) is 7.80. The zero-order chi connectivity index (χ0) is 20.2. The molecule has 1 amide bonds. The molecule has 0 spiro atoms. The van der Waals surface area contributed by atoms with Gasteiger partial charge in [-0.2, -0.15) is 5.10 Å². The third kappa shape index (κ3) is 4.40. The fraction of sp³-hybridized carbons (Fsp3) is 0.318. The molecule has 3 aromatic rings. The minimum absolute atomic E-state index is 0.104. The molecule has 2 N–H and O–H groups in total. The number of hydrogen-bond acceptors (Lipinski definition) is 4. The van der Waals surface area contributed by atoms with Gasteiger partial charge in [0.1, 0.15) is 6.54 Å². The fourth-order valence-electron chi connectivity index (χ4n) is 3.71. The van der Waals surface area contributed by atoms with Crippen LogP contribution in [0.15, 0.2) is 48.5 Å². The fourth-order valence-corrected chi connectivity index (χ4v) is 3.91. The molecule has 1 saturated heterocycles. The van der Waals surface area contributed by atoms with E-state index in [1.165, 1.54) is 24.8 Å². The normalized spacial score (nSPS) is 14.0. The van der Waals surface area contributed by atoms with Crippen LogP contribution in [0.3, 0.4) is 0 Å². The topological polar surface area (TPSA) is 66.0 Å². The van der Waals surface area contributed by atoms with E-state index in [1.807, 2.05) is 49.4 Å². The quantitative estimate of drug-likeness (QED) is 0.609. The van der Waals surface area contributed by atoms with Gasteiger partial charge in [0.15, 0.2) is 10.6 Å².